The third-order valence-electron chi connectivity index (χ3n) is 2.65. The third-order valence-corrected chi connectivity index (χ3v) is 3.43. The molecule has 0 spiro atoms. The summed E-state index contributed by atoms with van der Waals surface area (Å²) in [4.78, 5) is 3.95. The van der Waals surface area contributed by atoms with Crippen LogP contribution in [0.2, 0.25) is 10.2 Å². The van der Waals surface area contributed by atoms with E-state index in [0.717, 1.165) is 12.0 Å². The Morgan fingerprint density at radius 1 is 1.33 bits per heavy atom. The molecule has 0 aromatic carbocycles. The first-order chi connectivity index (χ1) is 7.16. The van der Waals surface area contributed by atoms with Crippen molar-refractivity contribution in [3.05, 3.63) is 28.0 Å². The van der Waals surface area contributed by atoms with Gasteiger partial charge in [-0.2, -0.15) is 0 Å². The summed E-state index contributed by atoms with van der Waals surface area (Å²) in [5.74, 6) is 0.463. The van der Waals surface area contributed by atoms with E-state index < -0.39 is 0 Å². The Hall–Kier alpha value is -0.270. The van der Waals surface area contributed by atoms with Crippen LogP contribution in [0.4, 0.5) is 0 Å². The monoisotopic (exact) mass is 245 g/mol. The number of hydrogen-bond donors (Lipinski definition) is 0. The molecule has 0 aliphatic carbocycles. The molecule has 0 radical (unpaired) electrons. The molecule has 1 nitrogen and oxygen atoms in total. The SMILES string of the molecule is CCCCCC(C)c1ccnc(Cl)c1Cl. The van der Waals surface area contributed by atoms with Crippen molar-refractivity contribution in [3.63, 3.8) is 0 Å². The number of unbranched alkanes of at least 4 members (excludes halogenated alkanes) is 2. The van der Waals surface area contributed by atoms with Gasteiger partial charge in [0.2, 0.25) is 0 Å². The maximum atomic E-state index is 6.11. The first-order valence-corrected chi connectivity index (χ1v) is 6.22. The number of halogens is 2. The zero-order valence-electron chi connectivity index (χ0n) is 9.26. The molecule has 1 heterocycles. The Morgan fingerprint density at radius 2 is 2.07 bits per heavy atom. The fourth-order valence-electron chi connectivity index (χ4n) is 1.67. The van der Waals surface area contributed by atoms with E-state index in [0.29, 0.717) is 16.1 Å². The van der Waals surface area contributed by atoms with Gasteiger partial charge in [-0.15, -0.1) is 0 Å². The molecule has 0 saturated carbocycles. The molecule has 84 valence electrons. The van der Waals surface area contributed by atoms with Crippen molar-refractivity contribution < 1.29 is 0 Å². The van der Waals surface area contributed by atoms with Crippen molar-refractivity contribution >= 4 is 23.2 Å². The highest BCUT2D eigenvalue weighted by molar-refractivity contribution is 6.41. The van der Waals surface area contributed by atoms with Crippen LogP contribution in [0.5, 0.6) is 0 Å². The summed E-state index contributed by atoms with van der Waals surface area (Å²) < 4.78 is 0. The molecule has 0 saturated heterocycles. The van der Waals surface area contributed by atoms with E-state index in [2.05, 4.69) is 18.8 Å². The van der Waals surface area contributed by atoms with Gasteiger partial charge in [-0.1, -0.05) is 56.3 Å². The van der Waals surface area contributed by atoms with E-state index in [1.165, 1.54) is 19.3 Å². The number of nitrogens with zero attached hydrogens (tertiary/aromatic N) is 1. The topological polar surface area (TPSA) is 12.9 Å². The van der Waals surface area contributed by atoms with Crippen molar-refractivity contribution in [2.45, 2.75) is 45.4 Å². The van der Waals surface area contributed by atoms with E-state index in [1.807, 2.05) is 6.07 Å². The van der Waals surface area contributed by atoms with Gasteiger partial charge in [-0.3, -0.25) is 0 Å². The molecular weight excluding hydrogens is 229 g/mol. The average Bonchev–Trinajstić information content (AvgIpc) is 2.22. The van der Waals surface area contributed by atoms with Gasteiger partial charge in [0.05, 0.1) is 5.02 Å². The van der Waals surface area contributed by atoms with E-state index in [9.17, 15) is 0 Å². The molecule has 0 aliphatic heterocycles. The normalized spacial score (nSPS) is 12.8. The van der Waals surface area contributed by atoms with Gasteiger partial charge >= 0.3 is 0 Å². The lowest BCUT2D eigenvalue weighted by atomic mass is 9.96. The second-order valence-corrected chi connectivity index (χ2v) is 4.64. The van der Waals surface area contributed by atoms with Gasteiger partial charge in [0, 0.05) is 6.20 Å². The Morgan fingerprint density at radius 3 is 2.73 bits per heavy atom. The van der Waals surface area contributed by atoms with Gasteiger partial charge in [0.1, 0.15) is 5.15 Å². The Bertz CT molecular complexity index is 312. The summed E-state index contributed by atoms with van der Waals surface area (Å²) in [6.45, 7) is 4.40. The number of pyridine rings is 1. The van der Waals surface area contributed by atoms with E-state index in [4.69, 9.17) is 23.2 Å². The molecule has 1 atom stereocenters. The number of aromatic nitrogens is 1. The first-order valence-electron chi connectivity index (χ1n) is 5.46. The molecular formula is C12H17Cl2N. The average molecular weight is 246 g/mol. The molecule has 1 rings (SSSR count). The lowest BCUT2D eigenvalue weighted by molar-refractivity contribution is 0.598. The molecule has 15 heavy (non-hydrogen) atoms. The summed E-state index contributed by atoms with van der Waals surface area (Å²) in [5, 5.41) is 1.03. The second kappa shape index (κ2) is 6.34. The predicted molar refractivity (Wildman–Crippen MR) is 66.8 cm³/mol. The van der Waals surface area contributed by atoms with Crippen LogP contribution in [0.1, 0.15) is 51.0 Å². The van der Waals surface area contributed by atoms with Crippen molar-refractivity contribution in [1.29, 1.82) is 0 Å². The second-order valence-electron chi connectivity index (χ2n) is 3.90. The fraction of sp³-hybridized carbons (Fsp3) is 0.583. The van der Waals surface area contributed by atoms with Crippen LogP contribution in [0.15, 0.2) is 12.3 Å². The summed E-state index contributed by atoms with van der Waals surface area (Å²) in [6.07, 6.45) is 6.65. The molecule has 0 amide bonds. The highest BCUT2D eigenvalue weighted by Crippen LogP contribution is 2.31. The van der Waals surface area contributed by atoms with Gasteiger partial charge in [0.25, 0.3) is 0 Å². The molecule has 0 N–H and O–H groups in total. The van der Waals surface area contributed by atoms with E-state index >= 15 is 0 Å². The minimum Gasteiger partial charge on any atom is -0.243 e. The van der Waals surface area contributed by atoms with Crippen molar-refractivity contribution in [2.75, 3.05) is 0 Å². The molecule has 1 aromatic rings. The summed E-state index contributed by atoms with van der Waals surface area (Å²) >= 11 is 12.0. The summed E-state index contributed by atoms with van der Waals surface area (Å²) in [5.41, 5.74) is 1.12. The van der Waals surface area contributed by atoms with Crippen LogP contribution in [0.3, 0.4) is 0 Å². The number of hydrogen-bond acceptors (Lipinski definition) is 1. The zero-order chi connectivity index (χ0) is 11.3. The van der Waals surface area contributed by atoms with Crippen LogP contribution in [0.25, 0.3) is 0 Å². The van der Waals surface area contributed by atoms with Crippen LogP contribution >= 0.6 is 23.2 Å². The largest absolute Gasteiger partial charge is 0.243 e. The number of rotatable bonds is 5. The lowest BCUT2D eigenvalue weighted by Crippen LogP contribution is -1.96. The smallest absolute Gasteiger partial charge is 0.147 e. The van der Waals surface area contributed by atoms with Crippen LogP contribution in [0, 0.1) is 0 Å². The van der Waals surface area contributed by atoms with Gasteiger partial charge in [-0.25, -0.2) is 4.98 Å². The molecule has 1 aromatic heterocycles. The molecule has 1 unspecified atom stereocenters. The first kappa shape index (κ1) is 12.8. The molecule has 3 heteroatoms. The predicted octanol–water partition coefficient (Wildman–Crippen LogP) is 5.07. The van der Waals surface area contributed by atoms with Crippen molar-refractivity contribution in [2.24, 2.45) is 0 Å². The Labute approximate surface area is 102 Å². The Kier molecular flexibility index (Phi) is 5.41. The van der Waals surface area contributed by atoms with Crippen LogP contribution in [-0.4, -0.2) is 4.98 Å². The van der Waals surface area contributed by atoms with E-state index in [1.54, 1.807) is 6.20 Å². The maximum absolute atomic E-state index is 6.11. The lowest BCUT2D eigenvalue weighted by Gasteiger charge is -2.13. The van der Waals surface area contributed by atoms with E-state index in [-0.39, 0.29) is 0 Å². The summed E-state index contributed by atoms with van der Waals surface area (Å²) in [6, 6.07) is 1.96. The fourth-order valence-corrected chi connectivity index (χ4v) is 2.13. The quantitative estimate of drug-likeness (QED) is 0.522. The van der Waals surface area contributed by atoms with Crippen molar-refractivity contribution in [3.8, 4) is 0 Å². The van der Waals surface area contributed by atoms with Crippen LogP contribution in [-0.2, 0) is 0 Å². The minimum absolute atomic E-state index is 0.413. The van der Waals surface area contributed by atoms with Crippen LogP contribution < -0.4 is 0 Å². The van der Waals surface area contributed by atoms with Gasteiger partial charge in [-0.05, 0) is 24.0 Å². The highest BCUT2D eigenvalue weighted by atomic mass is 35.5. The highest BCUT2D eigenvalue weighted by Gasteiger charge is 2.11. The van der Waals surface area contributed by atoms with Gasteiger partial charge < -0.3 is 0 Å². The zero-order valence-corrected chi connectivity index (χ0v) is 10.8. The third kappa shape index (κ3) is 3.66. The minimum atomic E-state index is 0.413. The molecule has 0 bridgehead atoms. The molecule has 0 fully saturated rings. The Balaban J connectivity index is 2.65. The molecule has 0 aliphatic rings. The van der Waals surface area contributed by atoms with Gasteiger partial charge in [0.15, 0.2) is 0 Å². The van der Waals surface area contributed by atoms with Crippen molar-refractivity contribution in [1.82, 2.24) is 4.98 Å². The standard InChI is InChI=1S/C12H17Cl2N/c1-3-4-5-6-9(2)10-7-8-15-12(14)11(10)13/h7-9H,3-6H2,1-2H3. The summed E-state index contributed by atoms with van der Waals surface area (Å²) in [7, 11) is 0. The maximum Gasteiger partial charge on any atom is 0.147 e.